The molecule has 0 aliphatic carbocycles. The van der Waals surface area contributed by atoms with E-state index >= 15 is 0 Å². The molecule has 7 heteroatoms. The van der Waals surface area contributed by atoms with Gasteiger partial charge in [-0.3, -0.25) is 0 Å². The van der Waals surface area contributed by atoms with E-state index in [0.29, 0.717) is 12.4 Å². The van der Waals surface area contributed by atoms with Gasteiger partial charge < -0.3 is 9.47 Å². The molecule has 0 saturated carbocycles. The van der Waals surface area contributed by atoms with Gasteiger partial charge in [0.15, 0.2) is 0 Å². The first-order chi connectivity index (χ1) is 8.42. The number of halogens is 4. The molecule has 0 radical (unpaired) electrons. The monoisotopic (exact) mass is 344 g/mol. The average Bonchev–Trinajstić information content (AvgIpc) is 2.26. The lowest BCUT2D eigenvalue weighted by molar-refractivity contribution is -0.274. The highest BCUT2D eigenvalue weighted by atomic mass is 79.9. The molecule has 1 aromatic carbocycles. The topological polar surface area (TPSA) is 18.5 Å². The SMILES string of the molecule is CSCCCOc1ccc(OC(F)(F)F)c(Br)c1. The van der Waals surface area contributed by atoms with Crippen molar-refractivity contribution >= 4 is 27.7 Å². The molecule has 0 amide bonds. The van der Waals surface area contributed by atoms with Gasteiger partial charge in [-0.05, 0) is 52.6 Å². The summed E-state index contributed by atoms with van der Waals surface area (Å²) < 4.78 is 45.5. The number of hydrogen-bond acceptors (Lipinski definition) is 3. The lowest BCUT2D eigenvalue weighted by Crippen LogP contribution is -2.17. The Balaban J connectivity index is 2.56. The van der Waals surface area contributed by atoms with Crippen LogP contribution in [0.3, 0.4) is 0 Å². The highest BCUT2D eigenvalue weighted by molar-refractivity contribution is 9.10. The van der Waals surface area contributed by atoms with Crippen molar-refractivity contribution in [2.75, 3.05) is 18.6 Å². The summed E-state index contributed by atoms with van der Waals surface area (Å²) in [5, 5.41) is 0. The van der Waals surface area contributed by atoms with Gasteiger partial charge in [-0.2, -0.15) is 11.8 Å². The first-order valence-electron chi connectivity index (χ1n) is 5.09. The predicted octanol–water partition coefficient (Wildman–Crippen LogP) is 4.48. The van der Waals surface area contributed by atoms with Gasteiger partial charge in [0.25, 0.3) is 0 Å². The van der Waals surface area contributed by atoms with Crippen LogP contribution in [-0.4, -0.2) is 25.0 Å². The molecule has 102 valence electrons. The Hall–Kier alpha value is -0.560. The van der Waals surface area contributed by atoms with E-state index in [9.17, 15) is 13.2 Å². The molecule has 0 aromatic heterocycles. The summed E-state index contributed by atoms with van der Waals surface area (Å²) >= 11 is 4.73. The lowest BCUT2D eigenvalue weighted by Gasteiger charge is -2.12. The Bertz CT molecular complexity index is 385. The summed E-state index contributed by atoms with van der Waals surface area (Å²) in [4.78, 5) is 0. The average molecular weight is 345 g/mol. The molecule has 0 atom stereocenters. The maximum Gasteiger partial charge on any atom is 0.573 e. The van der Waals surface area contributed by atoms with Crippen LogP contribution >= 0.6 is 27.7 Å². The summed E-state index contributed by atoms with van der Waals surface area (Å²) in [6.07, 6.45) is -1.80. The van der Waals surface area contributed by atoms with Gasteiger partial charge >= 0.3 is 6.36 Å². The molecule has 0 aliphatic rings. The van der Waals surface area contributed by atoms with Gasteiger partial charge in [0.05, 0.1) is 11.1 Å². The molecular weight excluding hydrogens is 333 g/mol. The van der Waals surface area contributed by atoms with Crippen molar-refractivity contribution in [3.05, 3.63) is 22.7 Å². The van der Waals surface area contributed by atoms with E-state index in [1.54, 1.807) is 11.8 Å². The highest BCUT2D eigenvalue weighted by Crippen LogP contribution is 2.33. The maximum atomic E-state index is 12.0. The molecule has 0 N–H and O–H groups in total. The van der Waals surface area contributed by atoms with Crippen molar-refractivity contribution in [3.8, 4) is 11.5 Å². The van der Waals surface area contributed by atoms with E-state index in [4.69, 9.17) is 4.74 Å². The first-order valence-corrected chi connectivity index (χ1v) is 7.28. The second kappa shape index (κ2) is 7.13. The zero-order valence-corrected chi connectivity index (χ0v) is 12.0. The van der Waals surface area contributed by atoms with Gasteiger partial charge in [-0.1, -0.05) is 0 Å². The summed E-state index contributed by atoms with van der Waals surface area (Å²) in [5.74, 6) is 1.22. The summed E-state index contributed by atoms with van der Waals surface area (Å²) in [6, 6.07) is 4.13. The second-order valence-electron chi connectivity index (χ2n) is 3.33. The van der Waals surface area contributed by atoms with Gasteiger partial charge in [0.2, 0.25) is 0 Å². The zero-order chi connectivity index (χ0) is 13.6. The molecule has 0 unspecified atom stereocenters. The number of hydrogen-bond donors (Lipinski definition) is 0. The number of alkyl halides is 3. The molecule has 18 heavy (non-hydrogen) atoms. The minimum atomic E-state index is -4.69. The number of rotatable bonds is 6. The van der Waals surface area contributed by atoms with Crippen LogP contribution in [0.2, 0.25) is 0 Å². The second-order valence-corrected chi connectivity index (χ2v) is 5.17. The number of thioether (sulfide) groups is 1. The van der Waals surface area contributed by atoms with Crippen LogP contribution < -0.4 is 9.47 Å². The minimum Gasteiger partial charge on any atom is -0.494 e. The van der Waals surface area contributed by atoms with E-state index in [0.717, 1.165) is 12.2 Å². The van der Waals surface area contributed by atoms with Crippen LogP contribution in [0.1, 0.15) is 6.42 Å². The van der Waals surface area contributed by atoms with Crippen LogP contribution in [0.25, 0.3) is 0 Å². The predicted molar refractivity (Wildman–Crippen MR) is 69.3 cm³/mol. The zero-order valence-electron chi connectivity index (χ0n) is 9.59. The van der Waals surface area contributed by atoms with Crippen LogP contribution in [0.5, 0.6) is 11.5 Å². The van der Waals surface area contributed by atoms with E-state index in [1.165, 1.54) is 18.2 Å². The Labute approximate surface area is 116 Å². The summed E-state index contributed by atoms with van der Waals surface area (Å²) in [5.41, 5.74) is 0. The first kappa shape index (κ1) is 15.5. The number of ether oxygens (including phenoxy) is 2. The van der Waals surface area contributed by atoms with Crippen LogP contribution in [-0.2, 0) is 0 Å². The minimum absolute atomic E-state index is 0.210. The van der Waals surface area contributed by atoms with Crippen molar-refractivity contribution in [1.82, 2.24) is 0 Å². The molecule has 0 fully saturated rings. The van der Waals surface area contributed by atoms with E-state index in [2.05, 4.69) is 20.7 Å². The summed E-state index contributed by atoms with van der Waals surface area (Å²) in [7, 11) is 0. The number of benzene rings is 1. The van der Waals surface area contributed by atoms with Gasteiger partial charge in [0.1, 0.15) is 11.5 Å². The third-order valence-corrected chi connectivity index (χ3v) is 3.21. The largest absolute Gasteiger partial charge is 0.573 e. The van der Waals surface area contributed by atoms with Crippen molar-refractivity contribution in [2.24, 2.45) is 0 Å². The van der Waals surface area contributed by atoms with Gasteiger partial charge in [-0.25, -0.2) is 0 Å². The molecule has 0 bridgehead atoms. The Morgan fingerprint density at radius 2 is 2.06 bits per heavy atom. The third-order valence-electron chi connectivity index (χ3n) is 1.89. The molecule has 1 aromatic rings. The fourth-order valence-electron chi connectivity index (χ4n) is 1.17. The van der Waals surface area contributed by atoms with Crippen molar-refractivity contribution < 1.29 is 22.6 Å². The van der Waals surface area contributed by atoms with Crippen molar-refractivity contribution in [3.63, 3.8) is 0 Å². The van der Waals surface area contributed by atoms with Crippen LogP contribution in [0, 0.1) is 0 Å². The smallest absolute Gasteiger partial charge is 0.494 e. The van der Waals surface area contributed by atoms with Crippen molar-refractivity contribution in [1.29, 1.82) is 0 Å². The molecule has 0 saturated heterocycles. The standard InChI is InChI=1S/C11H12BrF3O2S/c1-18-6-2-5-16-8-3-4-10(9(12)7-8)17-11(13,14)15/h3-4,7H,2,5-6H2,1H3. The Morgan fingerprint density at radius 3 is 2.61 bits per heavy atom. The van der Waals surface area contributed by atoms with E-state index < -0.39 is 6.36 Å². The Kier molecular flexibility index (Phi) is 6.14. The third kappa shape index (κ3) is 5.86. The van der Waals surface area contributed by atoms with E-state index in [-0.39, 0.29) is 10.2 Å². The van der Waals surface area contributed by atoms with Crippen LogP contribution in [0.15, 0.2) is 22.7 Å². The lowest BCUT2D eigenvalue weighted by atomic mass is 10.3. The fraction of sp³-hybridized carbons (Fsp3) is 0.455. The maximum absolute atomic E-state index is 12.0. The van der Waals surface area contributed by atoms with Gasteiger partial charge in [0, 0.05) is 0 Å². The Morgan fingerprint density at radius 1 is 1.33 bits per heavy atom. The normalized spacial score (nSPS) is 11.4. The van der Waals surface area contributed by atoms with Crippen LogP contribution in [0.4, 0.5) is 13.2 Å². The quantitative estimate of drug-likeness (QED) is 0.709. The summed E-state index contributed by atoms with van der Waals surface area (Å²) in [6.45, 7) is 0.534. The van der Waals surface area contributed by atoms with E-state index in [1.807, 2.05) is 6.26 Å². The molecule has 2 nitrogen and oxygen atoms in total. The fourth-order valence-corrected chi connectivity index (χ4v) is 2.02. The molecular formula is C11H12BrF3O2S. The molecule has 0 spiro atoms. The molecule has 0 heterocycles. The molecule has 0 aliphatic heterocycles. The van der Waals surface area contributed by atoms with Gasteiger partial charge in [-0.15, -0.1) is 13.2 Å². The highest BCUT2D eigenvalue weighted by Gasteiger charge is 2.31. The van der Waals surface area contributed by atoms with Crippen molar-refractivity contribution in [2.45, 2.75) is 12.8 Å². The molecule has 1 rings (SSSR count).